The summed E-state index contributed by atoms with van der Waals surface area (Å²) in [5.74, 6) is 3.71. The molecule has 1 heterocycles. The van der Waals surface area contributed by atoms with E-state index in [1.54, 1.807) is 11.8 Å². The first-order valence-electron chi connectivity index (χ1n) is 8.22. The summed E-state index contributed by atoms with van der Waals surface area (Å²) in [6.45, 7) is 4.86. The Morgan fingerprint density at radius 3 is 2.71 bits per heavy atom. The number of carbonyl (C=O) groups excluding carboxylic acids is 2. The van der Waals surface area contributed by atoms with Crippen LogP contribution in [0.25, 0.3) is 0 Å². The minimum Gasteiger partial charge on any atom is -0.354 e. The van der Waals surface area contributed by atoms with Gasteiger partial charge in [-0.3, -0.25) is 9.59 Å². The van der Waals surface area contributed by atoms with Crippen LogP contribution < -0.4 is 5.32 Å². The zero-order chi connectivity index (χ0) is 15.0. The molecule has 1 aliphatic heterocycles. The molecule has 2 amide bonds. The van der Waals surface area contributed by atoms with Gasteiger partial charge in [0.1, 0.15) is 6.04 Å². The topological polar surface area (TPSA) is 49.4 Å². The van der Waals surface area contributed by atoms with Gasteiger partial charge in [0.2, 0.25) is 11.8 Å². The molecule has 0 aromatic heterocycles. The second-order valence-electron chi connectivity index (χ2n) is 7.24. The van der Waals surface area contributed by atoms with Gasteiger partial charge in [-0.05, 0) is 37.0 Å². The molecule has 4 nitrogen and oxygen atoms in total. The van der Waals surface area contributed by atoms with Gasteiger partial charge in [-0.2, -0.15) is 0 Å². The monoisotopic (exact) mass is 310 g/mol. The third-order valence-electron chi connectivity index (χ3n) is 5.21. The van der Waals surface area contributed by atoms with E-state index < -0.39 is 0 Å². The number of fused-ring (bicyclic) bond motifs is 2. The van der Waals surface area contributed by atoms with Crippen LogP contribution in [0.5, 0.6) is 0 Å². The molecule has 3 rings (SSSR count). The normalized spacial score (nSPS) is 34.7. The third-order valence-corrected chi connectivity index (χ3v) is 6.22. The Morgan fingerprint density at radius 2 is 2.10 bits per heavy atom. The summed E-state index contributed by atoms with van der Waals surface area (Å²) in [7, 11) is 0. The fraction of sp³-hybridized carbons (Fsp3) is 0.875. The minimum atomic E-state index is -0.250. The minimum absolute atomic E-state index is 0.0326. The van der Waals surface area contributed by atoms with Crippen LogP contribution in [0.2, 0.25) is 0 Å². The molecule has 3 fully saturated rings. The van der Waals surface area contributed by atoms with E-state index in [9.17, 15) is 9.59 Å². The Bertz CT molecular complexity index is 427. The van der Waals surface area contributed by atoms with Crippen LogP contribution in [0.4, 0.5) is 0 Å². The first-order valence-corrected chi connectivity index (χ1v) is 9.37. The van der Waals surface area contributed by atoms with E-state index in [0.717, 1.165) is 18.1 Å². The van der Waals surface area contributed by atoms with Crippen LogP contribution in [0.3, 0.4) is 0 Å². The number of hydrogen-bond donors (Lipinski definition) is 1. The average Bonchev–Trinajstić information content (AvgIpc) is 3.18. The average molecular weight is 310 g/mol. The van der Waals surface area contributed by atoms with E-state index in [1.807, 2.05) is 4.90 Å². The van der Waals surface area contributed by atoms with Crippen molar-refractivity contribution < 1.29 is 9.59 Å². The van der Waals surface area contributed by atoms with E-state index >= 15 is 0 Å². The molecule has 2 bridgehead atoms. The van der Waals surface area contributed by atoms with Gasteiger partial charge in [0.15, 0.2) is 0 Å². The van der Waals surface area contributed by atoms with Crippen LogP contribution in [0.15, 0.2) is 0 Å². The van der Waals surface area contributed by atoms with Crippen molar-refractivity contribution in [3.63, 3.8) is 0 Å². The van der Waals surface area contributed by atoms with Gasteiger partial charge in [-0.15, -0.1) is 11.8 Å². The number of carbonyl (C=O) groups is 2. The highest BCUT2D eigenvalue weighted by Gasteiger charge is 2.47. The second-order valence-corrected chi connectivity index (χ2v) is 8.24. The van der Waals surface area contributed by atoms with Crippen molar-refractivity contribution in [2.75, 3.05) is 18.2 Å². The molecule has 1 N–H and O–H groups in total. The van der Waals surface area contributed by atoms with Crippen LogP contribution >= 0.6 is 11.8 Å². The molecule has 4 unspecified atom stereocenters. The lowest BCUT2D eigenvalue weighted by atomic mass is 9.87. The SMILES string of the molecule is CC(C)CNC(=O)C1CSCN1C(=O)C1CC2CCC1C2. The Morgan fingerprint density at radius 1 is 1.29 bits per heavy atom. The summed E-state index contributed by atoms with van der Waals surface area (Å²) in [4.78, 5) is 27.0. The fourth-order valence-electron chi connectivity index (χ4n) is 4.06. The summed E-state index contributed by atoms with van der Waals surface area (Å²) in [6.07, 6.45) is 4.82. The van der Waals surface area contributed by atoms with Crippen molar-refractivity contribution in [1.29, 1.82) is 0 Å². The zero-order valence-electron chi connectivity index (χ0n) is 13.0. The predicted octanol–water partition coefficient (Wildman–Crippen LogP) is 2.10. The van der Waals surface area contributed by atoms with Crippen molar-refractivity contribution in [3.05, 3.63) is 0 Å². The van der Waals surface area contributed by atoms with Gasteiger partial charge >= 0.3 is 0 Å². The van der Waals surface area contributed by atoms with E-state index in [0.29, 0.717) is 24.3 Å². The van der Waals surface area contributed by atoms with Crippen molar-refractivity contribution in [1.82, 2.24) is 10.2 Å². The smallest absolute Gasteiger partial charge is 0.243 e. The van der Waals surface area contributed by atoms with Gasteiger partial charge in [-0.25, -0.2) is 0 Å². The molecule has 0 aromatic carbocycles. The molecule has 1 saturated heterocycles. The molecule has 2 aliphatic carbocycles. The third kappa shape index (κ3) is 3.08. The van der Waals surface area contributed by atoms with Crippen molar-refractivity contribution in [2.24, 2.45) is 23.7 Å². The van der Waals surface area contributed by atoms with Crippen molar-refractivity contribution >= 4 is 23.6 Å². The van der Waals surface area contributed by atoms with E-state index in [4.69, 9.17) is 0 Å². The number of hydrogen-bond acceptors (Lipinski definition) is 3. The maximum atomic E-state index is 12.8. The quantitative estimate of drug-likeness (QED) is 0.865. The summed E-state index contributed by atoms with van der Waals surface area (Å²) in [5.41, 5.74) is 0. The maximum Gasteiger partial charge on any atom is 0.243 e. The van der Waals surface area contributed by atoms with Crippen molar-refractivity contribution in [2.45, 2.75) is 45.6 Å². The van der Waals surface area contributed by atoms with Gasteiger partial charge in [0, 0.05) is 18.2 Å². The lowest BCUT2D eigenvalue weighted by Crippen LogP contribution is -2.50. The van der Waals surface area contributed by atoms with Gasteiger partial charge in [0.05, 0.1) is 5.88 Å². The second kappa shape index (κ2) is 6.19. The van der Waals surface area contributed by atoms with E-state index in [1.165, 1.54) is 19.3 Å². The highest BCUT2D eigenvalue weighted by molar-refractivity contribution is 7.99. The van der Waals surface area contributed by atoms with Gasteiger partial charge < -0.3 is 10.2 Å². The Labute approximate surface area is 131 Å². The lowest BCUT2D eigenvalue weighted by Gasteiger charge is -2.29. The standard InChI is InChI=1S/C16H26N2O2S/c1-10(2)7-17-15(19)14-8-21-9-18(14)16(20)13-6-11-3-4-12(13)5-11/h10-14H,3-9H2,1-2H3,(H,17,19). The predicted molar refractivity (Wildman–Crippen MR) is 84.7 cm³/mol. The van der Waals surface area contributed by atoms with Crippen molar-refractivity contribution in [3.8, 4) is 0 Å². The van der Waals surface area contributed by atoms with Crippen LogP contribution in [0, 0.1) is 23.7 Å². The molecular formula is C16H26N2O2S. The summed E-state index contributed by atoms with van der Waals surface area (Å²) in [5, 5.41) is 2.99. The zero-order valence-corrected chi connectivity index (χ0v) is 13.8. The summed E-state index contributed by atoms with van der Waals surface area (Å²) in [6, 6.07) is -0.250. The Balaban J connectivity index is 1.61. The maximum absolute atomic E-state index is 12.8. The van der Waals surface area contributed by atoms with E-state index in [2.05, 4.69) is 19.2 Å². The largest absolute Gasteiger partial charge is 0.354 e. The molecule has 5 heteroatoms. The highest BCUT2D eigenvalue weighted by Crippen LogP contribution is 2.49. The number of nitrogens with one attached hydrogen (secondary N) is 1. The Hall–Kier alpha value is -0.710. The first-order chi connectivity index (χ1) is 10.1. The molecule has 3 aliphatic rings. The first kappa shape index (κ1) is 15.2. The molecular weight excluding hydrogens is 284 g/mol. The Kier molecular flexibility index (Phi) is 4.48. The van der Waals surface area contributed by atoms with E-state index in [-0.39, 0.29) is 23.8 Å². The number of thioether (sulfide) groups is 1. The molecule has 0 aromatic rings. The highest BCUT2D eigenvalue weighted by atomic mass is 32.2. The van der Waals surface area contributed by atoms with Crippen LogP contribution in [-0.4, -0.2) is 40.9 Å². The van der Waals surface area contributed by atoms with Crippen LogP contribution in [-0.2, 0) is 9.59 Å². The summed E-state index contributed by atoms with van der Waals surface area (Å²) < 4.78 is 0. The van der Waals surface area contributed by atoms with Gasteiger partial charge in [0.25, 0.3) is 0 Å². The molecule has 118 valence electrons. The molecule has 4 atom stereocenters. The number of rotatable bonds is 4. The number of nitrogens with zero attached hydrogens (tertiary/aromatic N) is 1. The van der Waals surface area contributed by atoms with Gasteiger partial charge in [-0.1, -0.05) is 20.3 Å². The van der Waals surface area contributed by atoms with Crippen LogP contribution in [0.1, 0.15) is 39.5 Å². The molecule has 2 saturated carbocycles. The molecule has 21 heavy (non-hydrogen) atoms. The lowest BCUT2D eigenvalue weighted by molar-refractivity contribution is -0.142. The molecule has 0 spiro atoms. The fourth-order valence-corrected chi connectivity index (χ4v) is 5.22. The summed E-state index contributed by atoms with van der Waals surface area (Å²) >= 11 is 1.70. The number of amides is 2. The molecule has 0 radical (unpaired) electrons.